The molecule has 2 nitrogen and oxygen atoms in total. The second-order valence-corrected chi connectivity index (χ2v) is 4.51. The molecule has 0 aromatic heterocycles. The predicted molar refractivity (Wildman–Crippen MR) is 50.4 cm³/mol. The number of fused-ring (bicyclic) bond motifs is 2. The average Bonchev–Trinajstić information content (AvgIpc) is 2.19. The summed E-state index contributed by atoms with van der Waals surface area (Å²) >= 11 is 6.28. The molecule has 0 aromatic carbocycles. The van der Waals surface area contributed by atoms with Gasteiger partial charge in [0.25, 0.3) is 0 Å². The second kappa shape index (κ2) is 2.73. The summed E-state index contributed by atoms with van der Waals surface area (Å²) in [7, 11) is 1.63. The Labute approximate surface area is 83.1 Å². The predicted octanol–water partition coefficient (Wildman–Crippen LogP) is 2.24. The first-order valence-corrected chi connectivity index (χ1v) is 4.88. The highest BCUT2D eigenvalue weighted by molar-refractivity contribution is 6.27. The highest BCUT2D eigenvalue weighted by Gasteiger charge is 2.56. The van der Waals surface area contributed by atoms with Crippen molar-refractivity contribution in [2.75, 3.05) is 7.11 Å². The third kappa shape index (κ3) is 1.04. The van der Waals surface area contributed by atoms with Gasteiger partial charge in [-0.1, -0.05) is 23.8 Å². The normalized spacial score (nSPS) is 47.6. The third-order valence-corrected chi connectivity index (χ3v) is 3.84. The SMILES string of the molecule is CO[C@@]12C=C[C@@H](CC1)C[C@]2(Cl)C#N. The van der Waals surface area contributed by atoms with Crippen LogP contribution in [0.3, 0.4) is 0 Å². The van der Waals surface area contributed by atoms with Crippen LogP contribution in [0.1, 0.15) is 19.3 Å². The van der Waals surface area contributed by atoms with Crippen LogP contribution in [-0.4, -0.2) is 17.6 Å². The van der Waals surface area contributed by atoms with Crippen LogP contribution in [0.15, 0.2) is 12.2 Å². The lowest BCUT2D eigenvalue weighted by Crippen LogP contribution is -2.55. The minimum atomic E-state index is -0.848. The Bertz CT molecular complexity index is 296. The molecule has 0 aromatic rings. The molecule has 3 heteroatoms. The van der Waals surface area contributed by atoms with Crippen molar-refractivity contribution in [1.29, 1.82) is 5.26 Å². The zero-order valence-electron chi connectivity index (χ0n) is 7.59. The van der Waals surface area contributed by atoms with E-state index in [1.807, 2.05) is 6.08 Å². The van der Waals surface area contributed by atoms with Crippen molar-refractivity contribution in [2.24, 2.45) is 5.92 Å². The molecule has 3 aliphatic rings. The van der Waals surface area contributed by atoms with Crippen LogP contribution in [-0.2, 0) is 4.74 Å². The maximum Gasteiger partial charge on any atom is 0.163 e. The monoisotopic (exact) mass is 197 g/mol. The Morgan fingerprint density at radius 2 is 2.46 bits per heavy atom. The number of alkyl halides is 1. The number of hydrogen-bond donors (Lipinski definition) is 0. The van der Waals surface area contributed by atoms with Gasteiger partial charge in [-0.2, -0.15) is 5.26 Å². The molecule has 1 saturated carbocycles. The van der Waals surface area contributed by atoms with Gasteiger partial charge in [0.05, 0.1) is 6.07 Å². The van der Waals surface area contributed by atoms with Crippen LogP contribution in [0.2, 0.25) is 0 Å². The Hall–Kier alpha value is -0.520. The van der Waals surface area contributed by atoms with E-state index in [9.17, 15) is 0 Å². The molecule has 2 bridgehead atoms. The van der Waals surface area contributed by atoms with Gasteiger partial charge in [0.2, 0.25) is 0 Å². The van der Waals surface area contributed by atoms with Crippen LogP contribution >= 0.6 is 11.6 Å². The molecule has 1 fully saturated rings. The van der Waals surface area contributed by atoms with Crippen molar-refractivity contribution in [3.05, 3.63) is 12.2 Å². The highest BCUT2D eigenvalue weighted by Crippen LogP contribution is 2.51. The molecular formula is C10H12ClNO. The lowest BCUT2D eigenvalue weighted by atomic mass is 9.66. The molecule has 0 N–H and O–H groups in total. The number of rotatable bonds is 1. The maximum atomic E-state index is 9.07. The van der Waals surface area contributed by atoms with Crippen molar-refractivity contribution in [1.82, 2.24) is 0 Å². The fourth-order valence-electron chi connectivity index (χ4n) is 2.38. The van der Waals surface area contributed by atoms with Gasteiger partial charge >= 0.3 is 0 Å². The van der Waals surface area contributed by atoms with E-state index in [0.717, 1.165) is 19.3 Å². The van der Waals surface area contributed by atoms with Crippen molar-refractivity contribution in [2.45, 2.75) is 29.7 Å². The fraction of sp³-hybridized carbons (Fsp3) is 0.700. The van der Waals surface area contributed by atoms with E-state index in [1.54, 1.807) is 7.11 Å². The molecule has 70 valence electrons. The van der Waals surface area contributed by atoms with E-state index in [-0.39, 0.29) is 0 Å². The second-order valence-electron chi connectivity index (χ2n) is 3.87. The smallest absolute Gasteiger partial charge is 0.163 e. The number of methoxy groups -OCH3 is 1. The fourth-order valence-corrected chi connectivity index (χ4v) is 2.81. The molecule has 0 radical (unpaired) electrons. The largest absolute Gasteiger partial charge is 0.371 e. The first-order chi connectivity index (χ1) is 6.16. The molecule has 0 unspecified atom stereocenters. The van der Waals surface area contributed by atoms with Crippen LogP contribution in [0.4, 0.5) is 0 Å². The lowest BCUT2D eigenvalue weighted by molar-refractivity contribution is -0.0304. The van der Waals surface area contributed by atoms with E-state index < -0.39 is 10.5 Å². The number of allylic oxidation sites excluding steroid dienone is 1. The Balaban J connectivity index is 2.45. The van der Waals surface area contributed by atoms with Crippen molar-refractivity contribution >= 4 is 11.6 Å². The Kier molecular flexibility index (Phi) is 1.90. The van der Waals surface area contributed by atoms with Crippen LogP contribution in [0.25, 0.3) is 0 Å². The minimum Gasteiger partial charge on any atom is -0.371 e. The Morgan fingerprint density at radius 1 is 1.69 bits per heavy atom. The van der Waals surface area contributed by atoms with Crippen molar-refractivity contribution < 1.29 is 4.74 Å². The van der Waals surface area contributed by atoms with Crippen molar-refractivity contribution in [3.63, 3.8) is 0 Å². The zero-order chi connectivity index (χ0) is 9.53. The van der Waals surface area contributed by atoms with Gasteiger partial charge in [0, 0.05) is 7.11 Å². The maximum absolute atomic E-state index is 9.07. The van der Waals surface area contributed by atoms with E-state index in [2.05, 4.69) is 12.1 Å². The molecule has 0 spiro atoms. The number of ether oxygens (including phenoxy) is 1. The molecular weight excluding hydrogens is 186 g/mol. The zero-order valence-corrected chi connectivity index (χ0v) is 8.34. The first kappa shape index (κ1) is 9.05. The molecule has 3 atom stereocenters. The van der Waals surface area contributed by atoms with E-state index in [0.29, 0.717) is 5.92 Å². The van der Waals surface area contributed by atoms with Gasteiger partial charge < -0.3 is 4.74 Å². The molecule has 0 heterocycles. The highest BCUT2D eigenvalue weighted by atomic mass is 35.5. The van der Waals surface area contributed by atoms with Crippen LogP contribution in [0, 0.1) is 17.2 Å². The van der Waals surface area contributed by atoms with Gasteiger partial charge in [0.1, 0.15) is 5.60 Å². The minimum absolute atomic E-state index is 0.467. The summed E-state index contributed by atoms with van der Waals surface area (Å²) in [4.78, 5) is -0.848. The summed E-state index contributed by atoms with van der Waals surface area (Å²) in [5.74, 6) is 0.467. The standard InChI is InChI=1S/C10H12ClNO/c1-13-10-4-2-8(3-5-10)6-9(10,11)7-12/h2,4,8H,3,5-6H2,1H3/t8-,9-,10-/m0/s1. The molecule has 3 rings (SSSR count). The number of hydrogen-bond acceptors (Lipinski definition) is 2. The van der Waals surface area contributed by atoms with Gasteiger partial charge in [-0.3, -0.25) is 0 Å². The van der Waals surface area contributed by atoms with E-state index in [4.69, 9.17) is 21.6 Å². The average molecular weight is 198 g/mol. The number of halogens is 1. The van der Waals surface area contributed by atoms with Crippen LogP contribution < -0.4 is 0 Å². The lowest BCUT2D eigenvalue weighted by Gasteiger charge is -2.48. The first-order valence-electron chi connectivity index (χ1n) is 4.50. The molecule has 0 saturated heterocycles. The molecule has 0 aliphatic heterocycles. The summed E-state index contributed by atoms with van der Waals surface area (Å²) in [6.45, 7) is 0. The molecule has 13 heavy (non-hydrogen) atoms. The Morgan fingerprint density at radius 3 is 2.85 bits per heavy atom. The summed E-state index contributed by atoms with van der Waals surface area (Å²) in [6, 6.07) is 2.19. The molecule has 0 amide bonds. The number of nitriles is 1. The van der Waals surface area contributed by atoms with Gasteiger partial charge in [-0.25, -0.2) is 0 Å². The summed E-state index contributed by atoms with van der Waals surface area (Å²) in [5.41, 5.74) is -0.544. The van der Waals surface area contributed by atoms with E-state index in [1.165, 1.54) is 0 Å². The van der Waals surface area contributed by atoms with Gasteiger partial charge in [0.15, 0.2) is 4.87 Å². The summed E-state index contributed by atoms with van der Waals surface area (Å²) in [6.07, 6.45) is 6.77. The summed E-state index contributed by atoms with van der Waals surface area (Å²) in [5, 5.41) is 9.07. The quantitative estimate of drug-likeness (QED) is 0.477. The number of nitrogens with zero attached hydrogens (tertiary/aromatic N) is 1. The summed E-state index contributed by atoms with van der Waals surface area (Å²) < 4.78 is 5.43. The third-order valence-electron chi connectivity index (χ3n) is 3.28. The van der Waals surface area contributed by atoms with Gasteiger partial charge in [-0.05, 0) is 25.2 Å². The van der Waals surface area contributed by atoms with E-state index >= 15 is 0 Å². The molecule has 3 aliphatic carbocycles. The van der Waals surface area contributed by atoms with Crippen LogP contribution in [0.5, 0.6) is 0 Å². The van der Waals surface area contributed by atoms with Crippen molar-refractivity contribution in [3.8, 4) is 6.07 Å². The van der Waals surface area contributed by atoms with Gasteiger partial charge in [-0.15, -0.1) is 0 Å². The topological polar surface area (TPSA) is 33.0 Å².